The van der Waals surface area contributed by atoms with Crippen LogP contribution in [0.2, 0.25) is 0 Å². The lowest BCUT2D eigenvalue weighted by Crippen LogP contribution is -2.44. The van der Waals surface area contributed by atoms with Gasteiger partial charge in [0.05, 0.1) is 6.04 Å². The van der Waals surface area contributed by atoms with Gasteiger partial charge >= 0.3 is 0 Å². The molecule has 1 unspecified atom stereocenters. The van der Waals surface area contributed by atoms with Crippen LogP contribution in [0.1, 0.15) is 25.0 Å². The van der Waals surface area contributed by atoms with Crippen LogP contribution in [-0.2, 0) is 4.79 Å². The number of nitrogens with one attached hydrogen (secondary N) is 2. The summed E-state index contributed by atoms with van der Waals surface area (Å²) in [5.74, 6) is 1.24. The summed E-state index contributed by atoms with van der Waals surface area (Å²) in [4.78, 5) is 16.4. The van der Waals surface area contributed by atoms with Crippen LogP contribution in [0.5, 0.6) is 0 Å². The Morgan fingerprint density at radius 2 is 2.35 bits per heavy atom. The smallest absolute Gasteiger partial charge is 0.242 e. The number of hydrogen-bond donors (Lipinski definition) is 2. The molecule has 1 amide bonds. The third kappa shape index (κ3) is 2.05. The summed E-state index contributed by atoms with van der Waals surface area (Å²) in [6.07, 6.45) is 3.55. The molecule has 2 fully saturated rings. The van der Waals surface area contributed by atoms with Crippen molar-refractivity contribution in [2.45, 2.75) is 38.3 Å². The van der Waals surface area contributed by atoms with Crippen LogP contribution < -0.4 is 10.6 Å². The third-order valence-electron chi connectivity index (χ3n) is 3.78. The molecule has 3 rings (SSSR count). The van der Waals surface area contributed by atoms with Crippen LogP contribution in [0.25, 0.3) is 0 Å². The quantitative estimate of drug-likeness (QED) is 0.810. The van der Waals surface area contributed by atoms with E-state index in [1.807, 2.05) is 25.1 Å². The molecule has 0 spiro atoms. The van der Waals surface area contributed by atoms with E-state index in [1.165, 1.54) is 12.8 Å². The average Bonchev–Trinajstić information content (AvgIpc) is 2.90. The van der Waals surface area contributed by atoms with Gasteiger partial charge in [0.15, 0.2) is 0 Å². The highest BCUT2D eigenvalue weighted by Crippen LogP contribution is 2.35. The Hall–Kier alpha value is -1.42. The SMILES string of the molecule is Cc1cccc(NC(=O)[C@H]2NC3CC[C@H]2C3)n1. The molecule has 2 N–H and O–H groups in total. The van der Waals surface area contributed by atoms with Crippen LogP contribution >= 0.6 is 0 Å². The second-order valence-corrected chi connectivity index (χ2v) is 5.07. The van der Waals surface area contributed by atoms with Crippen molar-refractivity contribution < 1.29 is 4.79 Å². The molecule has 17 heavy (non-hydrogen) atoms. The molecule has 90 valence electrons. The van der Waals surface area contributed by atoms with Crippen molar-refractivity contribution in [1.29, 1.82) is 0 Å². The normalized spacial score (nSPS) is 30.5. The van der Waals surface area contributed by atoms with Gasteiger partial charge < -0.3 is 10.6 Å². The Kier molecular flexibility index (Phi) is 2.59. The van der Waals surface area contributed by atoms with Gasteiger partial charge in [-0.3, -0.25) is 4.79 Å². The molecule has 0 aromatic carbocycles. The number of amides is 1. The van der Waals surface area contributed by atoms with Crippen molar-refractivity contribution >= 4 is 11.7 Å². The van der Waals surface area contributed by atoms with Gasteiger partial charge in [0.1, 0.15) is 5.82 Å². The Balaban J connectivity index is 1.68. The maximum absolute atomic E-state index is 12.1. The van der Waals surface area contributed by atoms with Crippen molar-refractivity contribution in [3.05, 3.63) is 23.9 Å². The zero-order valence-electron chi connectivity index (χ0n) is 9.94. The fraction of sp³-hybridized carbons (Fsp3) is 0.538. The minimum atomic E-state index is -0.0175. The van der Waals surface area contributed by atoms with E-state index in [0.29, 0.717) is 17.8 Å². The van der Waals surface area contributed by atoms with Gasteiger partial charge in [-0.15, -0.1) is 0 Å². The molecule has 4 nitrogen and oxygen atoms in total. The monoisotopic (exact) mass is 231 g/mol. The minimum Gasteiger partial charge on any atom is -0.309 e. The Bertz CT molecular complexity index is 446. The van der Waals surface area contributed by atoms with E-state index in [9.17, 15) is 4.79 Å². The molecular weight excluding hydrogens is 214 g/mol. The molecule has 2 heterocycles. The third-order valence-corrected chi connectivity index (χ3v) is 3.78. The fourth-order valence-corrected chi connectivity index (χ4v) is 2.97. The first-order valence-electron chi connectivity index (χ1n) is 6.23. The highest BCUT2D eigenvalue weighted by molar-refractivity contribution is 5.94. The lowest BCUT2D eigenvalue weighted by atomic mass is 9.99. The van der Waals surface area contributed by atoms with Crippen molar-refractivity contribution in [2.24, 2.45) is 5.92 Å². The van der Waals surface area contributed by atoms with Crippen LogP contribution in [-0.4, -0.2) is 23.0 Å². The number of nitrogens with zero attached hydrogens (tertiary/aromatic N) is 1. The largest absolute Gasteiger partial charge is 0.309 e. The first kappa shape index (κ1) is 10.7. The molecule has 3 atom stereocenters. The van der Waals surface area contributed by atoms with Crippen LogP contribution in [0.3, 0.4) is 0 Å². The fourth-order valence-electron chi connectivity index (χ4n) is 2.97. The second kappa shape index (κ2) is 4.11. The summed E-state index contributed by atoms with van der Waals surface area (Å²) in [6.45, 7) is 1.92. The first-order chi connectivity index (χ1) is 8.22. The highest BCUT2D eigenvalue weighted by atomic mass is 16.2. The highest BCUT2D eigenvalue weighted by Gasteiger charge is 2.42. The van der Waals surface area contributed by atoms with Crippen molar-refractivity contribution in [1.82, 2.24) is 10.3 Å². The van der Waals surface area contributed by atoms with Crippen molar-refractivity contribution in [3.8, 4) is 0 Å². The molecule has 1 saturated carbocycles. The molecule has 0 radical (unpaired) electrons. The number of carbonyl (C=O) groups excluding carboxylic acids is 1. The number of fused-ring (bicyclic) bond motifs is 2. The van der Waals surface area contributed by atoms with E-state index in [1.54, 1.807) is 0 Å². The van der Waals surface area contributed by atoms with Crippen molar-refractivity contribution in [3.63, 3.8) is 0 Å². The van der Waals surface area contributed by atoms with Gasteiger partial charge in [-0.2, -0.15) is 0 Å². The predicted molar refractivity (Wildman–Crippen MR) is 65.7 cm³/mol. The summed E-state index contributed by atoms with van der Waals surface area (Å²) < 4.78 is 0. The van der Waals surface area contributed by atoms with E-state index >= 15 is 0 Å². The van der Waals surface area contributed by atoms with E-state index in [0.717, 1.165) is 12.1 Å². The van der Waals surface area contributed by atoms with E-state index in [-0.39, 0.29) is 11.9 Å². The Morgan fingerprint density at radius 3 is 3.00 bits per heavy atom. The maximum atomic E-state index is 12.1. The number of anilines is 1. The van der Waals surface area contributed by atoms with Crippen LogP contribution in [0, 0.1) is 12.8 Å². The van der Waals surface area contributed by atoms with Gasteiger partial charge in [-0.25, -0.2) is 4.98 Å². The first-order valence-corrected chi connectivity index (χ1v) is 6.23. The van der Waals surface area contributed by atoms with E-state index in [4.69, 9.17) is 0 Å². The topological polar surface area (TPSA) is 54.0 Å². The van der Waals surface area contributed by atoms with Crippen LogP contribution in [0.4, 0.5) is 5.82 Å². The number of aryl methyl sites for hydroxylation is 1. The molecular formula is C13H17N3O. The second-order valence-electron chi connectivity index (χ2n) is 5.07. The number of aromatic nitrogens is 1. The standard InChI is InChI=1S/C13H17N3O/c1-8-3-2-4-11(14-8)16-13(17)12-9-5-6-10(7-9)15-12/h2-4,9-10,12,15H,5-7H2,1H3,(H,14,16,17)/t9-,10?,12-/m0/s1. The molecule has 1 saturated heterocycles. The summed E-state index contributed by atoms with van der Waals surface area (Å²) >= 11 is 0. The van der Waals surface area contributed by atoms with E-state index < -0.39 is 0 Å². The minimum absolute atomic E-state index is 0.0175. The summed E-state index contributed by atoms with van der Waals surface area (Å²) in [6, 6.07) is 6.20. The van der Waals surface area contributed by atoms with Gasteiger partial charge in [-0.05, 0) is 44.2 Å². The lowest BCUT2D eigenvalue weighted by molar-refractivity contribution is -0.119. The van der Waals surface area contributed by atoms with Gasteiger partial charge in [0.25, 0.3) is 0 Å². The number of rotatable bonds is 2. The van der Waals surface area contributed by atoms with E-state index in [2.05, 4.69) is 15.6 Å². The Morgan fingerprint density at radius 1 is 1.47 bits per heavy atom. The summed E-state index contributed by atoms with van der Waals surface area (Å²) in [7, 11) is 0. The number of pyridine rings is 1. The molecule has 1 aromatic heterocycles. The average molecular weight is 231 g/mol. The molecule has 4 heteroatoms. The van der Waals surface area contributed by atoms with Gasteiger partial charge in [-0.1, -0.05) is 6.07 Å². The Labute approximate surface area is 101 Å². The number of carbonyl (C=O) groups is 1. The summed E-state index contributed by atoms with van der Waals surface area (Å²) in [5, 5.41) is 6.28. The molecule has 2 aliphatic rings. The molecule has 1 aliphatic heterocycles. The van der Waals surface area contributed by atoms with Gasteiger partial charge in [0.2, 0.25) is 5.91 Å². The zero-order valence-corrected chi connectivity index (χ0v) is 9.94. The van der Waals surface area contributed by atoms with Gasteiger partial charge in [0, 0.05) is 11.7 Å². The summed E-state index contributed by atoms with van der Waals surface area (Å²) in [5.41, 5.74) is 0.920. The molecule has 1 aromatic rings. The van der Waals surface area contributed by atoms with Crippen LogP contribution in [0.15, 0.2) is 18.2 Å². The zero-order chi connectivity index (χ0) is 11.8. The number of hydrogen-bond acceptors (Lipinski definition) is 3. The predicted octanol–water partition coefficient (Wildman–Crippen LogP) is 1.47. The van der Waals surface area contributed by atoms with Crippen molar-refractivity contribution in [2.75, 3.05) is 5.32 Å². The molecule has 1 aliphatic carbocycles. The lowest BCUT2D eigenvalue weighted by Gasteiger charge is -2.21. The molecule has 2 bridgehead atoms. The maximum Gasteiger partial charge on any atom is 0.242 e. The number of piperidine rings is 1.